The lowest BCUT2D eigenvalue weighted by Crippen LogP contribution is -2.21. The van der Waals surface area contributed by atoms with E-state index in [1.165, 1.54) is 6.42 Å². The first kappa shape index (κ1) is 11.8. The van der Waals surface area contributed by atoms with Crippen LogP contribution >= 0.6 is 11.6 Å². The van der Waals surface area contributed by atoms with E-state index < -0.39 is 0 Å². The highest BCUT2D eigenvalue weighted by atomic mass is 35.5. The molecular weight excluding hydrogens is 224 g/mol. The summed E-state index contributed by atoms with van der Waals surface area (Å²) in [4.78, 5) is 6.71. The highest BCUT2D eigenvalue weighted by molar-refractivity contribution is 6.29. The van der Waals surface area contributed by atoms with Crippen molar-refractivity contribution in [1.29, 1.82) is 0 Å². The van der Waals surface area contributed by atoms with Crippen LogP contribution in [0.15, 0.2) is 18.2 Å². The molecular formula is C12H17ClN2O. The van der Waals surface area contributed by atoms with Crippen molar-refractivity contribution in [2.45, 2.75) is 13.0 Å². The fraction of sp³-hybridized carbons (Fsp3) is 0.583. The second kappa shape index (κ2) is 5.62. The van der Waals surface area contributed by atoms with Crippen LogP contribution in [-0.2, 0) is 11.3 Å². The fourth-order valence-corrected chi connectivity index (χ4v) is 2.38. The van der Waals surface area contributed by atoms with Crippen molar-refractivity contribution in [3.8, 4) is 0 Å². The smallest absolute Gasteiger partial charge is 0.129 e. The second-order valence-electron chi connectivity index (χ2n) is 4.30. The maximum absolute atomic E-state index is 5.86. The summed E-state index contributed by atoms with van der Waals surface area (Å²) in [6.07, 6.45) is 1.22. The zero-order valence-corrected chi connectivity index (χ0v) is 10.3. The molecule has 0 saturated carbocycles. The monoisotopic (exact) mass is 240 g/mol. The van der Waals surface area contributed by atoms with Crippen molar-refractivity contribution < 1.29 is 4.74 Å². The van der Waals surface area contributed by atoms with Crippen LogP contribution in [0, 0.1) is 5.92 Å². The molecule has 0 spiro atoms. The number of methoxy groups -OCH3 is 1. The molecule has 1 aromatic heterocycles. The summed E-state index contributed by atoms with van der Waals surface area (Å²) in [6, 6.07) is 5.78. The van der Waals surface area contributed by atoms with E-state index in [1.807, 2.05) is 18.2 Å². The van der Waals surface area contributed by atoms with Crippen molar-refractivity contribution in [3.05, 3.63) is 29.0 Å². The Morgan fingerprint density at radius 1 is 1.56 bits per heavy atom. The molecule has 0 aromatic carbocycles. The number of aromatic nitrogens is 1. The molecule has 16 heavy (non-hydrogen) atoms. The van der Waals surface area contributed by atoms with Crippen LogP contribution in [0.5, 0.6) is 0 Å². The fourth-order valence-electron chi connectivity index (χ4n) is 2.20. The Labute approximate surface area is 101 Å². The highest BCUT2D eigenvalue weighted by Crippen LogP contribution is 2.18. The minimum absolute atomic E-state index is 0.574. The Bertz CT molecular complexity index is 346. The molecule has 0 radical (unpaired) electrons. The molecule has 1 fully saturated rings. The molecule has 1 atom stereocenters. The van der Waals surface area contributed by atoms with Crippen molar-refractivity contribution in [2.24, 2.45) is 5.92 Å². The largest absolute Gasteiger partial charge is 0.384 e. The first-order valence-corrected chi connectivity index (χ1v) is 5.98. The van der Waals surface area contributed by atoms with E-state index in [9.17, 15) is 0 Å². The summed E-state index contributed by atoms with van der Waals surface area (Å²) >= 11 is 5.86. The van der Waals surface area contributed by atoms with Crippen LogP contribution in [0.3, 0.4) is 0 Å². The van der Waals surface area contributed by atoms with E-state index in [0.29, 0.717) is 11.1 Å². The van der Waals surface area contributed by atoms with Gasteiger partial charge in [-0.1, -0.05) is 17.7 Å². The standard InChI is InChI=1S/C12H17ClN2O/c1-16-9-10-5-6-15(7-10)8-11-3-2-4-12(13)14-11/h2-4,10H,5-9H2,1H3. The predicted octanol–water partition coefficient (Wildman–Crippen LogP) is 2.20. The molecule has 1 aliphatic rings. The summed E-state index contributed by atoms with van der Waals surface area (Å²) < 4.78 is 5.18. The molecule has 0 N–H and O–H groups in total. The van der Waals surface area contributed by atoms with Gasteiger partial charge in [0.15, 0.2) is 0 Å². The lowest BCUT2D eigenvalue weighted by molar-refractivity contribution is 0.152. The molecule has 1 aromatic rings. The Hall–Kier alpha value is -0.640. The van der Waals surface area contributed by atoms with Gasteiger partial charge in [-0.15, -0.1) is 0 Å². The Morgan fingerprint density at radius 3 is 3.19 bits per heavy atom. The molecule has 88 valence electrons. The first-order valence-electron chi connectivity index (χ1n) is 5.60. The van der Waals surface area contributed by atoms with Crippen LogP contribution in [0.1, 0.15) is 12.1 Å². The maximum atomic E-state index is 5.86. The Balaban J connectivity index is 1.87. The minimum Gasteiger partial charge on any atom is -0.384 e. The van der Waals surface area contributed by atoms with Gasteiger partial charge in [0.25, 0.3) is 0 Å². The topological polar surface area (TPSA) is 25.4 Å². The summed E-state index contributed by atoms with van der Waals surface area (Å²) in [5, 5.41) is 0.574. The van der Waals surface area contributed by atoms with E-state index in [0.717, 1.165) is 31.9 Å². The van der Waals surface area contributed by atoms with Crippen LogP contribution in [0.25, 0.3) is 0 Å². The van der Waals surface area contributed by atoms with Gasteiger partial charge in [-0.2, -0.15) is 0 Å². The maximum Gasteiger partial charge on any atom is 0.129 e. The van der Waals surface area contributed by atoms with Gasteiger partial charge in [-0.05, 0) is 31.0 Å². The van der Waals surface area contributed by atoms with Crippen molar-refractivity contribution in [1.82, 2.24) is 9.88 Å². The average Bonchev–Trinajstić information content (AvgIpc) is 2.66. The molecule has 1 unspecified atom stereocenters. The van der Waals surface area contributed by atoms with Crippen molar-refractivity contribution in [2.75, 3.05) is 26.8 Å². The lowest BCUT2D eigenvalue weighted by Gasteiger charge is -2.15. The van der Waals surface area contributed by atoms with E-state index in [-0.39, 0.29) is 0 Å². The molecule has 1 saturated heterocycles. The van der Waals surface area contributed by atoms with Crippen LogP contribution in [0.2, 0.25) is 5.15 Å². The number of rotatable bonds is 4. The molecule has 2 rings (SSSR count). The third-order valence-corrected chi connectivity index (χ3v) is 3.14. The van der Waals surface area contributed by atoms with Gasteiger partial charge in [-0.25, -0.2) is 4.98 Å². The van der Waals surface area contributed by atoms with Gasteiger partial charge in [0.1, 0.15) is 5.15 Å². The van der Waals surface area contributed by atoms with E-state index in [2.05, 4.69) is 9.88 Å². The first-order chi connectivity index (χ1) is 7.78. The Morgan fingerprint density at radius 2 is 2.44 bits per heavy atom. The van der Waals surface area contributed by atoms with E-state index in [4.69, 9.17) is 16.3 Å². The number of hydrogen-bond donors (Lipinski definition) is 0. The molecule has 0 bridgehead atoms. The zero-order chi connectivity index (χ0) is 11.4. The van der Waals surface area contributed by atoms with Gasteiger partial charge < -0.3 is 4.74 Å². The lowest BCUT2D eigenvalue weighted by atomic mass is 10.1. The number of likely N-dealkylation sites (tertiary alicyclic amines) is 1. The van der Waals surface area contributed by atoms with Crippen molar-refractivity contribution >= 4 is 11.6 Å². The predicted molar refractivity (Wildman–Crippen MR) is 64.5 cm³/mol. The summed E-state index contributed by atoms with van der Waals surface area (Å²) in [7, 11) is 1.77. The number of pyridine rings is 1. The molecule has 2 heterocycles. The molecule has 0 aliphatic carbocycles. The number of ether oxygens (including phenoxy) is 1. The summed E-state index contributed by atoms with van der Waals surface area (Å²) in [5.74, 6) is 0.671. The minimum atomic E-state index is 0.574. The van der Waals surface area contributed by atoms with Gasteiger partial charge >= 0.3 is 0 Å². The number of halogens is 1. The van der Waals surface area contributed by atoms with Crippen molar-refractivity contribution in [3.63, 3.8) is 0 Å². The highest BCUT2D eigenvalue weighted by Gasteiger charge is 2.22. The van der Waals surface area contributed by atoms with Crippen LogP contribution in [0.4, 0.5) is 0 Å². The molecule has 4 heteroatoms. The van der Waals surface area contributed by atoms with Gasteiger partial charge in [0, 0.05) is 20.2 Å². The second-order valence-corrected chi connectivity index (χ2v) is 4.68. The normalized spacial score (nSPS) is 21.5. The van der Waals surface area contributed by atoms with E-state index >= 15 is 0 Å². The summed E-state index contributed by atoms with van der Waals surface area (Å²) in [6.45, 7) is 3.98. The zero-order valence-electron chi connectivity index (χ0n) is 9.53. The number of hydrogen-bond acceptors (Lipinski definition) is 3. The Kier molecular flexibility index (Phi) is 4.16. The molecule has 0 amide bonds. The molecule has 1 aliphatic heterocycles. The third kappa shape index (κ3) is 3.17. The average molecular weight is 241 g/mol. The number of nitrogens with zero attached hydrogens (tertiary/aromatic N) is 2. The van der Waals surface area contributed by atoms with Gasteiger partial charge in [0.05, 0.1) is 12.3 Å². The van der Waals surface area contributed by atoms with Gasteiger partial charge in [0.2, 0.25) is 0 Å². The third-order valence-electron chi connectivity index (χ3n) is 2.93. The SMILES string of the molecule is COCC1CCN(Cc2cccc(Cl)n2)C1. The van der Waals surface area contributed by atoms with Gasteiger partial charge in [-0.3, -0.25) is 4.90 Å². The van der Waals surface area contributed by atoms with Crippen LogP contribution in [-0.4, -0.2) is 36.7 Å². The molecule has 3 nitrogen and oxygen atoms in total. The summed E-state index contributed by atoms with van der Waals surface area (Å²) in [5.41, 5.74) is 1.05. The van der Waals surface area contributed by atoms with Crippen LogP contribution < -0.4 is 0 Å². The quantitative estimate of drug-likeness (QED) is 0.755. The van der Waals surface area contributed by atoms with E-state index in [1.54, 1.807) is 7.11 Å².